The van der Waals surface area contributed by atoms with Crippen molar-refractivity contribution in [2.75, 3.05) is 12.3 Å². The second kappa shape index (κ2) is 6.58. The third-order valence-corrected chi connectivity index (χ3v) is 2.24. The van der Waals surface area contributed by atoms with Crippen molar-refractivity contribution < 1.29 is 14.6 Å². The third kappa shape index (κ3) is 5.06. The van der Waals surface area contributed by atoms with Gasteiger partial charge in [-0.1, -0.05) is 6.07 Å². The molecule has 92 valence electrons. The lowest BCUT2D eigenvalue weighted by atomic mass is 10.2. The van der Waals surface area contributed by atoms with Crippen LogP contribution in [0, 0.1) is 0 Å². The maximum absolute atomic E-state index is 10.3. The zero-order valence-electron chi connectivity index (χ0n) is 9.85. The number of hydrogen-bond acceptors (Lipinski definition) is 3. The smallest absolute Gasteiger partial charge is 0.335 e. The Labute approximate surface area is 101 Å². The lowest BCUT2D eigenvalue weighted by Crippen LogP contribution is -1.96. The van der Waals surface area contributed by atoms with E-state index in [9.17, 15) is 4.79 Å². The summed E-state index contributed by atoms with van der Waals surface area (Å²) in [5.41, 5.74) is 6.03. The number of benzene rings is 1. The molecule has 1 aliphatic heterocycles. The van der Waals surface area contributed by atoms with Crippen molar-refractivity contribution in [3.8, 4) is 0 Å². The van der Waals surface area contributed by atoms with Crippen molar-refractivity contribution in [2.45, 2.75) is 19.8 Å². The molecule has 0 saturated heterocycles. The van der Waals surface area contributed by atoms with Crippen LogP contribution < -0.4 is 5.73 Å². The molecular formula is C13H17NO3. The molecule has 0 spiro atoms. The number of nitrogen functional groups attached to an aromatic ring is 1. The summed E-state index contributed by atoms with van der Waals surface area (Å²) >= 11 is 0. The highest BCUT2D eigenvalue weighted by Crippen LogP contribution is 2.07. The second-order valence-electron chi connectivity index (χ2n) is 3.74. The second-order valence-corrected chi connectivity index (χ2v) is 3.74. The normalized spacial score (nSPS) is 13.8. The third-order valence-electron chi connectivity index (χ3n) is 2.24. The van der Waals surface area contributed by atoms with Crippen LogP contribution in [0.2, 0.25) is 0 Å². The minimum Gasteiger partial charge on any atom is -0.499 e. The molecule has 0 atom stereocenters. The van der Waals surface area contributed by atoms with E-state index in [4.69, 9.17) is 15.6 Å². The van der Waals surface area contributed by atoms with Crippen LogP contribution in [0.25, 0.3) is 0 Å². The van der Waals surface area contributed by atoms with Gasteiger partial charge in [-0.15, -0.1) is 0 Å². The van der Waals surface area contributed by atoms with Gasteiger partial charge in [0.1, 0.15) is 0 Å². The minimum absolute atomic E-state index is 0.222. The first-order chi connectivity index (χ1) is 8.09. The summed E-state index contributed by atoms with van der Waals surface area (Å²) in [4.78, 5) is 10.3. The number of carboxylic acids is 1. The van der Waals surface area contributed by atoms with Crippen molar-refractivity contribution in [3.63, 3.8) is 0 Å². The summed E-state index contributed by atoms with van der Waals surface area (Å²) in [5.74, 6) is 0.138. The van der Waals surface area contributed by atoms with Gasteiger partial charge in [0.05, 0.1) is 17.9 Å². The average Bonchev–Trinajstić information content (AvgIpc) is 2.31. The lowest BCUT2D eigenvalue weighted by Gasteiger charge is -2.09. The maximum Gasteiger partial charge on any atom is 0.335 e. The fraction of sp³-hybridized carbons (Fsp3) is 0.308. The molecule has 0 unspecified atom stereocenters. The van der Waals surface area contributed by atoms with Crippen molar-refractivity contribution in [2.24, 2.45) is 0 Å². The van der Waals surface area contributed by atoms with Crippen LogP contribution in [0.4, 0.5) is 5.69 Å². The van der Waals surface area contributed by atoms with Gasteiger partial charge < -0.3 is 15.6 Å². The summed E-state index contributed by atoms with van der Waals surface area (Å²) < 4.78 is 5.14. The largest absolute Gasteiger partial charge is 0.499 e. The van der Waals surface area contributed by atoms with Gasteiger partial charge in [0.2, 0.25) is 0 Å². The van der Waals surface area contributed by atoms with Crippen molar-refractivity contribution in [1.29, 1.82) is 0 Å². The molecule has 1 heterocycles. The van der Waals surface area contributed by atoms with Crippen LogP contribution in [0.5, 0.6) is 0 Å². The Kier molecular flexibility index (Phi) is 5.07. The SMILES string of the molecule is CC1=CCCCO1.Nc1cccc(C(=O)O)c1. The van der Waals surface area contributed by atoms with E-state index in [0.29, 0.717) is 5.69 Å². The topological polar surface area (TPSA) is 72.5 Å². The molecule has 2 rings (SSSR count). The predicted octanol–water partition coefficient (Wildman–Crippen LogP) is 2.67. The maximum atomic E-state index is 10.3. The van der Waals surface area contributed by atoms with E-state index in [0.717, 1.165) is 12.4 Å². The van der Waals surface area contributed by atoms with Crippen LogP contribution in [-0.2, 0) is 4.74 Å². The highest BCUT2D eigenvalue weighted by atomic mass is 16.5. The number of allylic oxidation sites excluding steroid dienone is 2. The molecule has 0 saturated carbocycles. The van der Waals surface area contributed by atoms with E-state index in [1.807, 2.05) is 6.92 Å². The number of hydrogen-bond donors (Lipinski definition) is 2. The number of anilines is 1. The Morgan fingerprint density at radius 3 is 2.59 bits per heavy atom. The van der Waals surface area contributed by atoms with Crippen LogP contribution in [-0.4, -0.2) is 17.7 Å². The molecule has 0 amide bonds. The lowest BCUT2D eigenvalue weighted by molar-refractivity contribution is 0.0697. The van der Waals surface area contributed by atoms with E-state index in [-0.39, 0.29) is 5.56 Å². The molecule has 0 aliphatic carbocycles. The summed E-state index contributed by atoms with van der Waals surface area (Å²) in [6, 6.07) is 6.17. The number of carbonyl (C=O) groups is 1. The van der Waals surface area contributed by atoms with Gasteiger partial charge in [0, 0.05) is 5.69 Å². The molecule has 17 heavy (non-hydrogen) atoms. The molecular weight excluding hydrogens is 218 g/mol. The first kappa shape index (κ1) is 13.1. The van der Waals surface area contributed by atoms with Gasteiger partial charge in [-0.3, -0.25) is 0 Å². The molecule has 4 heteroatoms. The fourth-order valence-electron chi connectivity index (χ4n) is 1.35. The van der Waals surface area contributed by atoms with E-state index in [2.05, 4.69) is 6.08 Å². The first-order valence-corrected chi connectivity index (χ1v) is 5.48. The van der Waals surface area contributed by atoms with Crippen molar-refractivity contribution in [3.05, 3.63) is 41.7 Å². The Balaban J connectivity index is 0.000000181. The Morgan fingerprint density at radius 2 is 2.24 bits per heavy atom. The van der Waals surface area contributed by atoms with Gasteiger partial charge in [0.15, 0.2) is 0 Å². The van der Waals surface area contributed by atoms with Gasteiger partial charge >= 0.3 is 5.97 Å². The quantitative estimate of drug-likeness (QED) is 0.734. The number of ether oxygens (including phenoxy) is 1. The van der Waals surface area contributed by atoms with E-state index in [1.54, 1.807) is 12.1 Å². The molecule has 1 aliphatic rings. The first-order valence-electron chi connectivity index (χ1n) is 5.48. The van der Waals surface area contributed by atoms with E-state index >= 15 is 0 Å². The van der Waals surface area contributed by atoms with E-state index in [1.165, 1.54) is 25.0 Å². The molecule has 1 aromatic carbocycles. The predicted molar refractivity (Wildman–Crippen MR) is 66.8 cm³/mol. The molecule has 0 bridgehead atoms. The van der Waals surface area contributed by atoms with Crippen LogP contribution in [0.1, 0.15) is 30.1 Å². The summed E-state index contributed by atoms with van der Waals surface area (Å²) in [6.45, 7) is 2.92. The minimum atomic E-state index is -0.952. The molecule has 0 fully saturated rings. The van der Waals surface area contributed by atoms with Gasteiger partial charge in [-0.2, -0.15) is 0 Å². The Hall–Kier alpha value is -1.97. The monoisotopic (exact) mass is 235 g/mol. The van der Waals surface area contributed by atoms with Gasteiger partial charge in [-0.05, 0) is 44.0 Å². The summed E-state index contributed by atoms with van der Waals surface area (Å²) in [7, 11) is 0. The molecule has 3 N–H and O–H groups in total. The highest BCUT2D eigenvalue weighted by Gasteiger charge is 1.99. The van der Waals surface area contributed by atoms with Crippen molar-refractivity contribution in [1.82, 2.24) is 0 Å². The van der Waals surface area contributed by atoms with Gasteiger partial charge in [0.25, 0.3) is 0 Å². The average molecular weight is 235 g/mol. The van der Waals surface area contributed by atoms with Crippen LogP contribution in [0.3, 0.4) is 0 Å². The Bertz CT molecular complexity index is 413. The number of nitrogens with two attached hydrogens (primary N) is 1. The summed E-state index contributed by atoms with van der Waals surface area (Å²) in [6.07, 6.45) is 4.52. The molecule has 0 radical (unpaired) electrons. The van der Waals surface area contributed by atoms with Crippen LogP contribution in [0.15, 0.2) is 36.1 Å². The zero-order valence-corrected chi connectivity index (χ0v) is 9.85. The standard InChI is InChI=1S/C7H7NO2.C6H10O/c8-6-3-1-2-5(4-6)7(9)10;1-6-4-2-3-5-7-6/h1-4H,8H2,(H,9,10);4H,2-3,5H2,1H3. The molecule has 0 aromatic heterocycles. The fourth-order valence-corrected chi connectivity index (χ4v) is 1.35. The molecule has 1 aromatic rings. The molecule has 4 nitrogen and oxygen atoms in total. The Morgan fingerprint density at radius 1 is 1.47 bits per heavy atom. The van der Waals surface area contributed by atoms with Crippen LogP contribution >= 0.6 is 0 Å². The van der Waals surface area contributed by atoms with E-state index < -0.39 is 5.97 Å². The zero-order chi connectivity index (χ0) is 12.7. The van der Waals surface area contributed by atoms with Gasteiger partial charge in [-0.25, -0.2) is 4.79 Å². The number of aromatic carboxylic acids is 1. The number of carboxylic acid groups (broad SMARTS) is 1. The number of rotatable bonds is 1. The highest BCUT2D eigenvalue weighted by molar-refractivity contribution is 5.88. The van der Waals surface area contributed by atoms with Crippen molar-refractivity contribution >= 4 is 11.7 Å². The summed E-state index contributed by atoms with van der Waals surface area (Å²) in [5, 5.41) is 8.45.